The van der Waals surface area contributed by atoms with E-state index in [1.54, 1.807) is 0 Å². The molecule has 0 aliphatic carbocycles. The molecule has 1 heteroatoms. The first-order chi connectivity index (χ1) is 6.90. The average Bonchev–Trinajstić information content (AvgIpc) is 2.30. The van der Waals surface area contributed by atoms with E-state index >= 15 is 0 Å². The molecule has 0 amide bonds. The van der Waals surface area contributed by atoms with E-state index in [2.05, 4.69) is 36.3 Å². The van der Waals surface area contributed by atoms with Crippen molar-refractivity contribution in [2.45, 2.75) is 13.3 Å². The minimum Gasteiger partial charge on any atom is -0.251 e. The first kappa shape index (κ1) is 8.95. The molecule has 0 bridgehead atoms. The van der Waals surface area contributed by atoms with Crippen LogP contribution in [0.2, 0.25) is 0 Å². The zero-order valence-electron chi connectivity index (χ0n) is 8.20. The first-order valence-corrected chi connectivity index (χ1v) is 4.82. The minimum atomic E-state index is 0.956. The molecule has 0 saturated carbocycles. The van der Waals surface area contributed by atoms with Gasteiger partial charge in [0.25, 0.3) is 0 Å². The van der Waals surface area contributed by atoms with Crippen molar-refractivity contribution in [2.75, 3.05) is 0 Å². The van der Waals surface area contributed by atoms with Crippen LogP contribution in [-0.2, 0) is 6.42 Å². The number of aryl methyl sites for hydroxylation is 1. The summed E-state index contributed by atoms with van der Waals surface area (Å²) in [4.78, 5) is 4.16. The van der Waals surface area contributed by atoms with Gasteiger partial charge in [-0.2, -0.15) is 0 Å². The number of pyridine rings is 1. The van der Waals surface area contributed by atoms with Crippen molar-refractivity contribution >= 4 is 0 Å². The van der Waals surface area contributed by atoms with Crippen LogP contribution >= 0.6 is 0 Å². The third kappa shape index (κ3) is 1.82. The van der Waals surface area contributed by atoms with Gasteiger partial charge in [0.2, 0.25) is 0 Å². The maximum absolute atomic E-state index is 4.16. The number of rotatable bonds is 2. The molecule has 0 fully saturated rings. The Morgan fingerprint density at radius 2 is 1.93 bits per heavy atom. The molecule has 1 nitrogen and oxygen atoms in total. The summed E-state index contributed by atoms with van der Waals surface area (Å²) >= 11 is 0. The highest BCUT2D eigenvalue weighted by Crippen LogP contribution is 2.18. The van der Waals surface area contributed by atoms with Crippen LogP contribution < -0.4 is 0 Å². The maximum Gasteiger partial charge on any atom is 0.0895 e. The van der Waals surface area contributed by atoms with E-state index in [1.165, 1.54) is 11.1 Å². The van der Waals surface area contributed by atoms with Gasteiger partial charge in [0, 0.05) is 5.69 Å². The van der Waals surface area contributed by atoms with Crippen LogP contribution in [0.25, 0.3) is 11.1 Å². The normalized spacial score (nSPS) is 10.1. The summed E-state index contributed by atoms with van der Waals surface area (Å²) in [6.45, 7) is 2.10. The highest BCUT2D eigenvalue weighted by Gasteiger charge is 1.97. The molecule has 0 atom stereocenters. The Bertz CT molecular complexity index is 407. The van der Waals surface area contributed by atoms with Crippen molar-refractivity contribution in [1.82, 2.24) is 4.98 Å². The van der Waals surface area contributed by atoms with Gasteiger partial charge in [0.05, 0.1) is 6.20 Å². The minimum absolute atomic E-state index is 0.956. The predicted molar refractivity (Wildman–Crippen MR) is 57.9 cm³/mol. The molecule has 1 heterocycles. The van der Waals surface area contributed by atoms with Crippen molar-refractivity contribution in [2.24, 2.45) is 0 Å². The largest absolute Gasteiger partial charge is 0.251 e. The molecule has 2 rings (SSSR count). The van der Waals surface area contributed by atoms with E-state index in [-0.39, 0.29) is 0 Å². The third-order valence-electron chi connectivity index (χ3n) is 2.22. The summed E-state index contributed by atoms with van der Waals surface area (Å²) in [6.07, 6.45) is 3.88. The van der Waals surface area contributed by atoms with Crippen LogP contribution in [0.4, 0.5) is 0 Å². The van der Waals surface area contributed by atoms with E-state index in [9.17, 15) is 0 Å². The van der Waals surface area contributed by atoms with Gasteiger partial charge in [-0.25, -0.2) is 0 Å². The van der Waals surface area contributed by atoms with Gasteiger partial charge in [-0.1, -0.05) is 37.3 Å². The van der Waals surface area contributed by atoms with Gasteiger partial charge in [-0.3, -0.25) is 4.98 Å². The van der Waals surface area contributed by atoms with Crippen LogP contribution in [0.5, 0.6) is 0 Å². The molecule has 0 N–H and O–H groups in total. The molecule has 0 saturated heterocycles. The Morgan fingerprint density at radius 1 is 1.14 bits per heavy atom. The number of aromatic nitrogens is 1. The number of nitrogens with zero attached hydrogens (tertiary/aromatic N) is 1. The molecule has 69 valence electrons. The van der Waals surface area contributed by atoms with E-state index in [4.69, 9.17) is 0 Å². The molecular formula is C13H12N. The second-order valence-electron chi connectivity index (χ2n) is 3.20. The van der Waals surface area contributed by atoms with Crippen molar-refractivity contribution in [3.63, 3.8) is 0 Å². The Balaban J connectivity index is 2.42. The monoisotopic (exact) mass is 182 g/mol. The Kier molecular flexibility index (Phi) is 2.59. The maximum atomic E-state index is 4.16. The van der Waals surface area contributed by atoms with Gasteiger partial charge in [0.1, 0.15) is 0 Å². The lowest BCUT2D eigenvalue weighted by atomic mass is 10.1. The molecule has 1 radical (unpaired) electrons. The van der Waals surface area contributed by atoms with Crippen molar-refractivity contribution in [1.29, 1.82) is 0 Å². The Morgan fingerprint density at radius 3 is 2.64 bits per heavy atom. The molecular weight excluding hydrogens is 170 g/mol. The molecule has 1 aromatic heterocycles. The first-order valence-electron chi connectivity index (χ1n) is 4.82. The quantitative estimate of drug-likeness (QED) is 0.695. The number of hydrogen-bond donors (Lipinski definition) is 0. The molecule has 2 aromatic rings. The van der Waals surface area contributed by atoms with E-state index in [1.807, 2.05) is 24.3 Å². The Labute approximate surface area is 84.4 Å². The zero-order chi connectivity index (χ0) is 9.80. The molecule has 0 aliphatic heterocycles. The second kappa shape index (κ2) is 4.05. The fourth-order valence-electron chi connectivity index (χ4n) is 1.42. The fraction of sp³-hybridized carbons (Fsp3) is 0.154. The predicted octanol–water partition coefficient (Wildman–Crippen LogP) is 3.11. The lowest BCUT2D eigenvalue weighted by molar-refractivity contribution is 1.03. The standard InChI is InChI=1S/C13H12N/c1-2-13-10-12(8-9-14-13)11-6-4-3-5-7-11/h3-8,10H,2H2,1H3. The van der Waals surface area contributed by atoms with Crippen molar-refractivity contribution in [3.8, 4) is 11.1 Å². The van der Waals surface area contributed by atoms with Gasteiger partial charge in [-0.05, 0) is 29.7 Å². The lowest BCUT2D eigenvalue weighted by Gasteiger charge is -2.02. The summed E-state index contributed by atoms with van der Waals surface area (Å²) in [5, 5.41) is 0. The van der Waals surface area contributed by atoms with Crippen LogP contribution in [0.3, 0.4) is 0 Å². The van der Waals surface area contributed by atoms with Crippen LogP contribution in [-0.4, -0.2) is 4.98 Å². The molecule has 1 aromatic carbocycles. The molecule has 0 aliphatic rings. The average molecular weight is 182 g/mol. The van der Waals surface area contributed by atoms with Gasteiger partial charge >= 0.3 is 0 Å². The third-order valence-corrected chi connectivity index (χ3v) is 2.22. The van der Waals surface area contributed by atoms with Crippen LogP contribution in [0.15, 0.2) is 42.5 Å². The zero-order valence-corrected chi connectivity index (χ0v) is 8.20. The summed E-state index contributed by atoms with van der Waals surface area (Å²) in [5.41, 5.74) is 3.50. The van der Waals surface area contributed by atoms with Gasteiger partial charge < -0.3 is 0 Å². The van der Waals surface area contributed by atoms with Crippen molar-refractivity contribution < 1.29 is 0 Å². The van der Waals surface area contributed by atoms with E-state index in [0.29, 0.717) is 0 Å². The topological polar surface area (TPSA) is 12.9 Å². The summed E-state index contributed by atoms with van der Waals surface area (Å²) < 4.78 is 0. The smallest absolute Gasteiger partial charge is 0.0895 e. The molecule has 0 spiro atoms. The Hall–Kier alpha value is -1.63. The highest BCUT2D eigenvalue weighted by molar-refractivity contribution is 5.62. The van der Waals surface area contributed by atoms with Crippen LogP contribution in [0, 0.1) is 6.20 Å². The van der Waals surface area contributed by atoms with Gasteiger partial charge in [-0.15, -0.1) is 0 Å². The second-order valence-corrected chi connectivity index (χ2v) is 3.20. The van der Waals surface area contributed by atoms with E-state index < -0.39 is 0 Å². The highest BCUT2D eigenvalue weighted by atomic mass is 14.7. The SMILES string of the molecule is CCc1cc(-c2ccccc2)c[c]n1. The molecule has 0 unspecified atom stereocenters. The summed E-state index contributed by atoms with van der Waals surface area (Å²) in [5.74, 6) is 0. The summed E-state index contributed by atoms with van der Waals surface area (Å²) in [7, 11) is 0. The lowest BCUT2D eigenvalue weighted by Crippen LogP contribution is -1.87. The van der Waals surface area contributed by atoms with Gasteiger partial charge in [0.15, 0.2) is 0 Å². The summed E-state index contributed by atoms with van der Waals surface area (Å²) in [6, 6.07) is 14.4. The van der Waals surface area contributed by atoms with Crippen molar-refractivity contribution in [3.05, 3.63) is 54.4 Å². The number of hydrogen-bond acceptors (Lipinski definition) is 1. The number of benzene rings is 1. The van der Waals surface area contributed by atoms with Crippen LogP contribution in [0.1, 0.15) is 12.6 Å². The molecule has 14 heavy (non-hydrogen) atoms. The van der Waals surface area contributed by atoms with E-state index in [0.717, 1.165) is 12.1 Å². The fourth-order valence-corrected chi connectivity index (χ4v) is 1.42.